The van der Waals surface area contributed by atoms with Crippen molar-refractivity contribution in [3.05, 3.63) is 57.8 Å². The number of nitrogens with one attached hydrogen (secondary N) is 2. The third-order valence-electron chi connectivity index (χ3n) is 4.82. The topological polar surface area (TPSA) is 69.1 Å². The van der Waals surface area contributed by atoms with Gasteiger partial charge in [-0.1, -0.05) is 18.2 Å². The summed E-state index contributed by atoms with van der Waals surface area (Å²) in [4.78, 5) is 26.5. The molecule has 0 aliphatic carbocycles. The SMILES string of the molecule is COC(=O)c1ccc(CNC(=O)C[NH+](Cc2cccs2)C[C@H]2CCCO2)cc1. The summed E-state index contributed by atoms with van der Waals surface area (Å²) in [6.07, 6.45) is 2.42. The van der Waals surface area contributed by atoms with Gasteiger partial charge in [0, 0.05) is 13.2 Å². The van der Waals surface area contributed by atoms with Crippen LogP contribution in [0.1, 0.15) is 33.6 Å². The van der Waals surface area contributed by atoms with Crippen LogP contribution >= 0.6 is 11.3 Å². The maximum atomic E-state index is 12.5. The fraction of sp³-hybridized carbons (Fsp3) is 0.429. The smallest absolute Gasteiger partial charge is 0.337 e. The molecule has 2 aromatic rings. The van der Waals surface area contributed by atoms with Crippen LogP contribution in [-0.4, -0.2) is 44.8 Å². The Balaban J connectivity index is 1.51. The first kappa shape index (κ1) is 20.5. The summed E-state index contributed by atoms with van der Waals surface area (Å²) in [5.74, 6) is -0.348. The molecule has 1 saturated heterocycles. The van der Waals surface area contributed by atoms with Gasteiger partial charge in [-0.05, 0) is 42.0 Å². The summed E-state index contributed by atoms with van der Waals surface area (Å²) in [6, 6.07) is 11.2. The van der Waals surface area contributed by atoms with E-state index >= 15 is 0 Å². The molecule has 28 heavy (non-hydrogen) atoms. The van der Waals surface area contributed by atoms with E-state index in [4.69, 9.17) is 9.47 Å². The lowest BCUT2D eigenvalue weighted by Gasteiger charge is -2.21. The molecule has 0 spiro atoms. The first-order chi connectivity index (χ1) is 13.6. The van der Waals surface area contributed by atoms with Gasteiger partial charge in [-0.25, -0.2) is 4.79 Å². The van der Waals surface area contributed by atoms with Crippen LogP contribution in [0.25, 0.3) is 0 Å². The number of carbonyl (C=O) groups is 2. The molecule has 0 saturated carbocycles. The summed E-state index contributed by atoms with van der Waals surface area (Å²) in [5, 5.41) is 5.05. The van der Waals surface area contributed by atoms with Gasteiger partial charge < -0.3 is 19.7 Å². The van der Waals surface area contributed by atoms with E-state index in [1.165, 1.54) is 16.9 Å². The van der Waals surface area contributed by atoms with Crippen molar-refractivity contribution in [2.75, 3.05) is 26.8 Å². The van der Waals surface area contributed by atoms with Gasteiger partial charge in [-0.3, -0.25) is 4.79 Å². The van der Waals surface area contributed by atoms with Crippen molar-refractivity contribution in [2.24, 2.45) is 0 Å². The Kier molecular flexibility index (Phi) is 7.59. The molecule has 1 aromatic heterocycles. The molecule has 6 nitrogen and oxygen atoms in total. The van der Waals surface area contributed by atoms with Gasteiger partial charge in [0.2, 0.25) is 0 Å². The number of carbonyl (C=O) groups excluding carboxylic acids is 2. The average molecular weight is 404 g/mol. The number of hydrogen-bond acceptors (Lipinski definition) is 5. The molecule has 1 amide bonds. The minimum absolute atomic E-state index is 0.0154. The molecule has 2 heterocycles. The minimum atomic E-state index is -0.363. The molecule has 3 rings (SSSR count). The highest BCUT2D eigenvalue weighted by molar-refractivity contribution is 7.09. The third kappa shape index (κ3) is 6.15. The Morgan fingerprint density at radius 3 is 2.75 bits per heavy atom. The van der Waals surface area contributed by atoms with Crippen molar-refractivity contribution in [3.63, 3.8) is 0 Å². The van der Waals surface area contributed by atoms with Gasteiger partial charge in [0.05, 0.1) is 17.6 Å². The molecule has 150 valence electrons. The molecule has 1 fully saturated rings. The molecular formula is C21H27N2O4S+. The van der Waals surface area contributed by atoms with Gasteiger partial charge in [0.25, 0.3) is 5.91 Å². The maximum absolute atomic E-state index is 12.5. The van der Waals surface area contributed by atoms with Gasteiger partial charge in [-0.2, -0.15) is 0 Å². The van der Waals surface area contributed by atoms with E-state index in [-0.39, 0.29) is 18.0 Å². The van der Waals surface area contributed by atoms with Gasteiger partial charge >= 0.3 is 5.97 Å². The van der Waals surface area contributed by atoms with Crippen LogP contribution in [0.4, 0.5) is 0 Å². The number of thiophene rings is 1. The second kappa shape index (κ2) is 10.4. The Labute approximate surface area is 169 Å². The summed E-state index contributed by atoms with van der Waals surface area (Å²) < 4.78 is 10.5. The number of ether oxygens (including phenoxy) is 2. The molecule has 1 aliphatic rings. The monoisotopic (exact) mass is 403 g/mol. The Bertz CT molecular complexity index is 755. The molecule has 0 radical (unpaired) electrons. The largest absolute Gasteiger partial charge is 0.465 e. The normalized spacial score (nSPS) is 17.2. The Hall–Kier alpha value is -2.22. The minimum Gasteiger partial charge on any atom is -0.465 e. The van der Waals surface area contributed by atoms with E-state index in [9.17, 15) is 9.59 Å². The molecule has 2 N–H and O–H groups in total. The van der Waals surface area contributed by atoms with Gasteiger partial charge in [-0.15, -0.1) is 11.3 Å². The van der Waals surface area contributed by atoms with E-state index in [0.29, 0.717) is 18.7 Å². The fourth-order valence-corrected chi connectivity index (χ4v) is 4.14. The molecular weight excluding hydrogens is 376 g/mol. The summed E-state index contributed by atoms with van der Waals surface area (Å²) in [5.41, 5.74) is 1.45. The predicted molar refractivity (Wildman–Crippen MR) is 107 cm³/mol. The van der Waals surface area contributed by atoms with E-state index in [2.05, 4.69) is 16.8 Å². The number of methoxy groups -OCH3 is 1. The van der Waals surface area contributed by atoms with Gasteiger partial charge in [0.15, 0.2) is 6.54 Å². The van der Waals surface area contributed by atoms with Gasteiger partial charge in [0.1, 0.15) is 19.2 Å². The van der Waals surface area contributed by atoms with E-state index in [1.807, 2.05) is 18.2 Å². The lowest BCUT2D eigenvalue weighted by Crippen LogP contribution is -3.13. The zero-order chi connectivity index (χ0) is 19.8. The molecule has 0 bridgehead atoms. The molecule has 7 heteroatoms. The lowest BCUT2D eigenvalue weighted by atomic mass is 10.1. The number of amides is 1. The van der Waals surface area contributed by atoms with Crippen molar-refractivity contribution >= 4 is 23.2 Å². The highest BCUT2D eigenvalue weighted by Gasteiger charge is 2.24. The van der Waals surface area contributed by atoms with Crippen molar-refractivity contribution in [2.45, 2.75) is 32.0 Å². The summed E-state index contributed by atoms with van der Waals surface area (Å²) >= 11 is 1.72. The van der Waals surface area contributed by atoms with Crippen LogP contribution < -0.4 is 10.2 Å². The Morgan fingerprint density at radius 1 is 1.29 bits per heavy atom. The van der Waals surface area contributed by atoms with Crippen molar-refractivity contribution in [1.82, 2.24) is 5.32 Å². The lowest BCUT2D eigenvalue weighted by molar-refractivity contribution is -0.908. The molecule has 1 aromatic carbocycles. The first-order valence-electron chi connectivity index (χ1n) is 9.55. The fourth-order valence-electron chi connectivity index (χ4n) is 3.36. The van der Waals surface area contributed by atoms with E-state index in [1.54, 1.807) is 23.5 Å². The quantitative estimate of drug-likeness (QED) is 0.622. The summed E-state index contributed by atoms with van der Waals surface area (Å²) in [6.45, 7) is 3.35. The highest BCUT2D eigenvalue weighted by atomic mass is 32.1. The second-order valence-electron chi connectivity index (χ2n) is 6.99. The number of rotatable bonds is 9. The standard InChI is InChI=1S/C21H26N2O4S/c1-26-21(25)17-8-6-16(7-9-17)12-22-20(24)15-23(13-18-4-2-10-27-18)14-19-5-3-11-28-19/h3,5-9,11,18H,2,4,10,12-15H2,1H3,(H,22,24)/p+1/t18-/m1/s1. The van der Waals surface area contributed by atoms with Crippen LogP contribution in [0.15, 0.2) is 41.8 Å². The molecule has 1 aliphatic heterocycles. The third-order valence-corrected chi connectivity index (χ3v) is 5.70. The Morgan fingerprint density at radius 2 is 2.11 bits per heavy atom. The number of benzene rings is 1. The van der Waals surface area contributed by atoms with Crippen molar-refractivity contribution in [1.29, 1.82) is 0 Å². The first-order valence-corrected chi connectivity index (χ1v) is 10.4. The molecule has 2 atom stereocenters. The van der Waals surface area contributed by atoms with Crippen molar-refractivity contribution in [3.8, 4) is 0 Å². The van der Waals surface area contributed by atoms with Crippen LogP contribution in [0.2, 0.25) is 0 Å². The number of hydrogen-bond donors (Lipinski definition) is 2. The highest BCUT2D eigenvalue weighted by Crippen LogP contribution is 2.11. The predicted octanol–water partition coefficient (Wildman–Crippen LogP) is 1.42. The van der Waals surface area contributed by atoms with Crippen molar-refractivity contribution < 1.29 is 24.0 Å². The zero-order valence-electron chi connectivity index (χ0n) is 16.1. The second-order valence-corrected chi connectivity index (χ2v) is 8.02. The summed E-state index contributed by atoms with van der Waals surface area (Å²) in [7, 11) is 1.36. The van der Waals surface area contributed by atoms with E-state index in [0.717, 1.165) is 38.1 Å². The van der Waals surface area contributed by atoms with Crippen LogP contribution in [0.3, 0.4) is 0 Å². The maximum Gasteiger partial charge on any atom is 0.337 e. The zero-order valence-corrected chi connectivity index (χ0v) is 16.9. The number of quaternary nitrogens is 1. The van der Waals surface area contributed by atoms with Crippen LogP contribution in [0.5, 0.6) is 0 Å². The average Bonchev–Trinajstić information content (AvgIpc) is 3.40. The number of esters is 1. The van der Waals surface area contributed by atoms with E-state index < -0.39 is 0 Å². The van der Waals surface area contributed by atoms with Crippen LogP contribution in [0, 0.1) is 0 Å². The molecule has 1 unspecified atom stereocenters. The van der Waals surface area contributed by atoms with Crippen LogP contribution in [-0.2, 0) is 27.4 Å².